The van der Waals surface area contributed by atoms with Crippen molar-refractivity contribution in [2.24, 2.45) is 5.92 Å². The molecule has 0 bridgehead atoms. The van der Waals surface area contributed by atoms with Crippen LogP contribution in [0.5, 0.6) is 0 Å². The van der Waals surface area contributed by atoms with E-state index in [4.69, 9.17) is 9.84 Å². The largest absolute Gasteiger partial charge is 0.481 e. The molecular weight excluding hydrogens is 258 g/mol. The van der Waals surface area contributed by atoms with Crippen molar-refractivity contribution in [3.8, 4) is 0 Å². The molecule has 1 aromatic rings. The molecule has 5 nitrogen and oxygen atoms in total. The molecule has 1 amide bonds. The van der Waals surface area contributed by atoms with Crippen molar-refractivity contribution in [2.75, 3.05) is 6.54 Å². The van der Waals surface area contributed by atoms with Crippen molar-refractivity contribution in [2.45, 2.75) is 32.4 Å². The normalized spacial score (nSPS) is 22.4. The van der Waals surface area contributed by atoms with Gasteiger partial charge in [-0.3, -0.25) is 4.79 Å². The summed E-state index contributed by atoms with van der Waals surface area (Å²) in [4.78, 5) is 24.6. The molecule has 20 heavy (non-hydrogen) atoms. The zero-order valence-electron chi connectivity index (χ0n) is 11.5. The third kappa shape index (κ3) is 3.50. The van der Waals surface area contributed by atoms with Crippen LogP contribution in [0, 0.1) is 5.92 Å². The van der Waals surface area contributed by atoms with E-state index in [9.17, 15) is 9.59 Å². The van der Waals surface area contributed by atoms with Crippen LogP contribution >= 0.6 is 0 Å². The number of carbonyl (C=O) groups is 2. The molecule has 1 unspecified atom stereocenters. The quantitative estimate of drug-likeness (QED) is 0.921. The first-order valence-electron chi connectivity index (χ1n) is 6.78. The van der Waals surface area contributed by atoms with Gasteiger partial charge in [0.15, 0.2) is 0 Å². The first-order valence-corrected chi connectivity index (χ1v) is 6.78. The third-order valence-electron chi connectivity index (χ3n) is 3.67. The van der Waals surface area contributed by atoms with Gasteiger partial charge < -0.3 is 14.7 Å². The first-order chi connectivity index (χ1) is 9.58. The third-order valence-corrected chi connectivity index (χ3v) is 3.67. The van der Waals surface area contributed by atoms with Crippen molar-refractivity contribution < 1.29 is 19.4 Å². The lowest BCUT2D eigenvalue weighted by atomic mass is 9.94. The Balaban J connectivity index is 1.91. The molecule has 0 aliphatic carbocycles. The van der Waals surface area contributed by atoms with Crippen LogP contribution in [-0.2, 0) is 16.1 Å². The predicted molar refractivity (Wildman–Crippen MR) is 73.2 cm³/mol. The maximum Gasteiger partial charge on any atom is 0.410 e. The van der Waals surface area contributed by atoms with Gasteiger partial charge in [-0.25, -0.2) is 4.79 Å². The molecule has 1 aromatic carbocycles. The average molecular weight is 277 g/mol. The lowest BCUT2D eigenvalue weighted by molar-refractivity contribution is -0.143. The van der Waals surface area contributed by atoms with Crippen LogP contribution in [0.15, 0.2) is 30.3 Å². The van der Waals surface area contributed by atoms with Crippen LogP contribution in [0.3, 0.4) is 0 Å². The van der Waals surface area contributed by atoms with Crippen molar-refractivity contribution >= 4 is 12.1 Å². The maximum atomic E-state index is 12.1. The lowest BCUT2D eigenvalue weighted by Crippen LogP contribution is -2.47. The smallest absolute Gasteiger partial charge is 0.410 e. The molecule has 1 saturated heterocycles. The van der Waals surface area contributed by atoms with Crippen LogP contribution in [0.2, 0.25) is 0 Å². The molecule has 1 N–H and O–H groups in total. The summed E-state index contributed by atoms with van der Waals surface area (Å²) in [6, 6.07) is 9.45. The van der Waals surface area contributed by atoms with Gasteiger partial charge >= 0.3 is 12.1 Å². The molecule has 0 spiro atoms. The van der Waals surface area contributed by atoms with E-state index in [1.165, 1.54) is 4.90 Å². The van der Waals surface area contributed by atoms with Crippen LogP contribution < -0.4 is 0 Å². The number of piperidine rings is 1. The molecule has 1 aliphatic rings. The SMILES string of the molecule is C[C@@H]1CCC(C(=O)O)CN1C(=O)OCc1ccccc1. The summed E-state index contributed by atoms with van der Waals surface area (Å²) in [6.07, 6.45) is 0.864. The number of likely N-dealkylation sites (tertiary alicyclic amines) is 1. The van der Waals surface area contributed by atoms with Crippen LogP contribution in [0.25, 0.3) is 0 Å². The van der Waals surface area contributed by atoms with Gasteiger partial charge in [0.2, 0.25) is 0 Å². The molecule has 0 saturated carbocycles. The summed E-state index contributed by atoms with van der Waals surface area (Å²) in [5, 5.41) is 9.05. The van der Waals surface area contributed by atoms with Crippen molar-refractivity contribution in [3.63, 3.8) is 0 Å². The van der Waals surface area contributed by atoms with Gasteiger partial charge in [-0.2, -0.15) is 0 Å². The number of aliphatic carboxylic acids is 1. The average Bonchev–Trinajstić information content (AvgIpc) is 2.46. The van der Waals surface area contributed by atoms with Gasteiger partial charge in [0, 0.05) is 12.6 Å². The Kier molecular flexibility index (Phi) is 4.61. The van der Waals surface area contributed by atoms with Crippen molar-refractivity contribution in [3.05, 3.63) is 35.9 Å². The molecule has 1 heterocycles. The highest BCUT2D eigenvalue weighted by Gasteiger charge is 2.33. The van der Waals surface area contributed by atoms with E-state index in [-0.39, 0.29) is 19.2 Å². The zero-order valence-corrected chi connectivity index (χ0v) is 11.5. The summed E-state index contributed by atoms with van der Waals surface area (Å²) < 4.78 is 5.26. The highest BCUT2D eigenvalue weighted by Crippen LogP contribution is 2.23. The van der Waals surface area contributed by atoms with Gasteiger partial charge in [-0.05, 0) is 25.3 Å². The standard InChI is InChI=1S/C15H19NO4/c1-11-7-8-13(14(17)18)9-16(11)15(19)20-10-12-5-3-2-4-6-12/h2-6,11,13H,7-10H2,1H3,(H,17,18)/t11-,13?/m1/s1. The Morgan fingerprint density at radius 2 is 2.00 bits per heavy atom. The molecular formula is C15H19NO4. The fourth-order valence-corrected chi connectivity index (χ4v) is 2.37. The number of hydrogen-bond donors (Lipinski definition) is 1. The minimum Gasteiger partial charge on any atom is -0.481 e. The molecule has 2 rings (SSSR count). The first kappa shape index (κ1) is 14.4. The molecule has 108 valence electrons. The van der Waals surface area contributed by atoms with Crippen LogP contribution in [0.4, 0.5) is 4.79 Å². The summed E-state index contributed by atoms with van der Waals surface area (Å²) in [7, 11) is 0. The highest BCUT2D eigenvalue weighted by molar-refractivity contribution is 5.73. The summed E-state index contributed by atoms with van der Waals surface area (Å²) >= 11 is 0. The Bertz CT molecular complexity index is 474. The second kappa shape index (κ2) is 6.41. The van der Waals surface area contributed by atoms with E-state index in [1.807, 2.05) is 37.3 Å². The van der Waals surface area contributed by atoms with Gasteiger partial charge in [0.1, 0.15) is 6.61 Å². The zero-order chi connectivity index (χ0) is 14.5. The minimum atomic E-state index is -0.849. The number of hydrogen-bond acceptors (Lipinski definition) is 3. The van der Waals surface area contributed by atoms with Gasteiger partial charge in [0.05, 0.1) is 5.92 Å². The number of benzene rings is 1. The Labute approximate surface area is 118 Å². The topological polar surface area (TPSA) is 66.8 Å². The monoisotopic (exact) mass is 277 g/mol. The maximum absolute atomic E-state index is 12.1. The summed E-state index contributed by atoms with van der Waals surface area (Å²) in [5.41, 5.74) is 0.917. The van der Waals surface area contributed by atoms with E-state index >= 15 is 0 Å². The minimum absolute atomic E-state index is 0.0221. The van der Waals surface area contributed by atoms with Gasteiger partial charge in [-0.1, -0.05) is 30.3 Å². The number of carbonyl (C=O) groups excluding carboxylic acids is 1. The van der Waals surface area contributed by atoms with E-state index in [1.54, 1.807) is 0 Å². The number of carboxylic acids is 1. The molecule has 0 radical (unpaired) electrons. The number of carboxylic acid groups (broad SMARTS) is 1. The summed E-state index contributed by atoms with van der Waals surface area (Å²) in [5.74, 6) is -1.34. The van der Waals surface area contributed by atoms with E-state index in [0.29, 0.717) is 12.8 Å². The fraction of sp³-hybridized carbons (Fsp3) is 0.467. The van der Waals surface area contributed by atoms with Crippen LogP contribution in [0.1, 0.15) is 25.3 Å². The predicted octanol–water partition coefficient (Wildman–Crippen LogP) is 2.51. The molecule has 0 aromatic heterocycles. The Hall–Kier alpha value is -2.04. The highest BCUT2D eigenvalue weighted by atomic mass is 16.6. The van der Waals surface area contributed by atoms with E-state index in [2.05, 4.69) is 0 Å². The molecule has 5 heteroatoms. The van der Waals surface area contributed by atoms with Crippen LogP contribution in [-0.4, -0.2) is 34.7 Å². The molecule has 2 atom stereocenters. The number of rotatable bonds is 3. The number of nitrogens with zero attached hydrogens (tertiary/aromatic N) is 1. The Morgan fingerprint density at radius 1 is 1.30 bits per heavy atom. The number of ether oxygens (including phenoxy) is 1. The van der Waals surface area contributed by atoms with Gasteiger partial charge in [-0.15, -0.1) is 0 Å². The number of amides is 1. The van der Waals surface area contributed by atoms with Crippen molar-refractivity contribution in [1.82, 2.24) is 4.90 Å². The second-order valence-electron chi connectivity index (χ2n) is 5.15. The molecule has 1 aliphatic heterocycles. The van der Waals surface area contributed by atoms with E-state index < -0.39 is 18.0 Å². The summed E-state index contributed by atoms with van der Waals surface area (Å²) in [6.45, 7) is 2.35. The van der Waals surface area contributed by atoms with E-state index in [0.717, 1.165) is 5.56 Å². The molecule has 1 fully saturated rings. The second-order valence-corrected chi connectivity index (χ2v) is 5.15. The Morgan fingerprint density at radius 3 is 2.65 bits per heavy atom. The fourth-order valence-electron chi connectivity index (χ4n) is 2.37. The lowest BCUT2D eigenvalue weighted by Gasteiger charge is -2.35. The van der Waals surface area contributed by atoms with Gasteiger partial charge in [0.25, 0.3) is 0 Å². The van der Waals surface area contributed by atoms with Crippen molar-refractivity contribution in [1.29, 1.82) is 0 Å².